The minimum absolute atomic E-state index is 0.120. The second-order valence-electron chi connectivity index (χ2n) is 7.34. The molecule has 1 N–H and O–H groups in total. The van der Waals surface area contributed by atoms with E-state index >= 15 is 0 Å². The van der Waals surface area contributed by atoms with Gasteiger partial charge >= 0.3 is 0 Å². The molecule has 1 amide bonds. The maximum Gasteiger partial charge on any atom is 0.250 e. The predicted octanol–water partition coefficient (Wildman–Crippen LogP) is 5.15. The molecule has 1 heterocycles. The number of rotatable bonds is 8. The fraction of sp³-hybridized carbons (Fsp3) is 0.120. The van der Waals surface area contributed by atoms with Crippen LogP contribution in [-0.4, -0.2) is 39.7 Å². The highest BCUT2D eigenvalue weighted by Gasteiger charge is 2.17. The number of carbonyl (C=O) groups is 1. The van der Waals surface area contributed by atoms with Gasteiger partial charge in [-0.15, -0.1) is 10.2 Å². The molecule has 0 saturated heterocycles. The summed E-state index contributed by atoms with van der Waals surface area (Å²) in [6, 6.07) is 22.9. The number of benzene rings is 3. The number of methoxy groups -OCH3 is 1. The quantitative estimate of drug-likeness (QED) is 0.209. The monoisotopic (exact) mass is 491 g/mol. The van der Waals surface area contributed by atoms with E-state index in [9.17, 15) is 4.79 Å². The van der Waals surface area contributed by atoms with Gasteiger partial charge in [0.2, 0.25) is 0 Å². The Kier molecular flexibility index (Phi) is 7.61. The number of hydrazone groups is 1. The number of halogens is 1. The van der Waals surface area contributed by atoms with Crippen molar-refractivity contribution in [1.82, 2.24) is 20.2 Å². The fourth-order valence-corrected chi connectivity index (χ4v) is 4.09. The van der Waals surface area contributed by atoms with Gasteiger partial charge in [0, 0.05) is 16.3 Å². The number of nitrogens with zero attached hydrogens (tertiary/aromatic N) is 4. The first kappa shape index (κ1) is 23.5. The normalized spacial score (nSPS) is 11.0. The van der Waals surface area contributed by atoms with Gasteiger partial charge in [0.15, 0.2) is 11.0 Å². The fourth-order valence-electron chi connectivity index (χ4n) is 3.15. The van der Waals surface area contributed by atoms with Crippen molar-refractivity contribution < 1.29 is 9.53 Å². The molecule has 1 aromatic heterocycles. The highest BCUT2D eigenvalue weighted by molar-refractivity contribution is 7.99. The van der Waals surface area contributed by atoms with Crippen molar-refractivity contribution in [2.45, 2.75) is 12.1 Å². The van der Waals surface area contributed by atoms with Crippen molar-refractivity contribution in [2.24, 2.45) is 5.10 Å². The molecule has 0 fully saturated rings. The van der Waals surface area contributed by atoms with Gasteiger partial charge in [-0.25, -0.2) is 5.43 Å². The van der Waals surface area contributed by atoms with Crippen LogP contribution >= 0.6 is 23.4 Å². The highest BCUT2D eigenvalue weighted by atomic mass is 35.5. The van der Waals surface area contributed by atoms with E-state index < -0.39 is 0 Å². The molecular formula is C25H22ClN5O2S. The van der Waals surface area contributed by atoms with Gasteiger partial charge in [-0.1, -0.05) is 65.3 Å². The van der Waals surface area contributed by atoms with Gasteiger partial charge in [0.25, 0.3) is 5.91 Å². The number of amides is 1. The second kappa shape index (κ2) is 11.0. The van der Waals surface area contributed by atoms with Crippen molar-refractivity contribution in [1.29, 1.82) is 0 Å². The Labute approximate surface area is 206 Å². The van der Waals surface area contributed by atoms with Crippen molar-refractivity contribution >= 4 is 35.5 Å². The lowest BCUT2D eigenvalue weighted by atomic mass is 10.1. The predicted molar refractivity (Wildman–Crippen MR) is 136 cm³/mol. The molecular weight excluding hydrogens is 470 g/mol. The molecule has 34 heavy (non-hydrogen) atoms. The highest BCUT2D eigenvalue weighted by Crippen LogP contribution is 2.29. The van der Waals surface area contributed by atoms with E-state index in [1.807, 2.05) is 72.2 Å². The molecule has 0 aliphatic carbocycles. The number of aromatic nitrogens is 3. The summed E-state index contributed by atoms with van der Waals surface area (Å²) >= 11 is 7.24. The van der Waals surface area contributed by atoms with E-state index in [1.165, 1.54) is 11.8 Å². The molecule has 4 aromatic rings. The molecule has 0 unspecified atom stereocenters. The smallest absolute Gasteiger partial charge is 0.250 e. The summed E-state index contributed by atoms with van der Waals surface area (Å²) in [6.07, 6.45) is 1.55. The molecule has 172 valence electrons. The minimum Gasteiger partial charge on any atom is -0.497 e. The van der Waals surface area contributed by atoms with Gasteiger partial charge in [0.05, 0.1) is 19.1 Å². The Morgan fingerprint density at radius 2 is 1.88 bits per heavy atom. The lowest BCUT2D eigenvalue weighted by Gasteiger charge is -2.11. The van der Waals surface area contributed by atoms with Gasteiger partial charge in [-0.05, 0) is 48.9 Å². The third kappa shape index (κ3) is 5.84. The zero-order valence-corrected chi connectivity index (χ0v) is 20.2. The molecule has 7 nitrogen and oxygen atoms in total. The van der Waals surface area contributed by atoms with Crippen molar-refractivity contribution in [3.8, 4) is 22.8 Å². The van der Waals surface area contributed by atoms with Crippen LogP contribution in [0.4, 0.5) is 0 Å². The first-order valence-electron chi connectivity index (χ1n) is 10.4. The summed E-state index contributed by atoms with van der Waals surface area (Å²) in [4.78, 5) is 12.4. The number of nitrogens with one attached hydrogen (secondary N) is 1. The minimum atomic E-state index is -0.260. The molecule has 0 saturated carbocycles. The molecule has 0 aliphatic rings. The molecule has 0 aliphatic heterocycles. The average molecular weight is 492 g/mol. The Hall–Kier alpha value is -3.62. The summed E-state index contributed by atoms with van der Waals surface area (Å²) < 4.78 is 7.21. The largest absolute Gasteiger partial charge is 0.497 e. The van der Waals surface area contributed by atoms with Crippen LogP contribution in [0.5, 0.6) is 5.75 Å². The Bertz CT molecular complexity index is 1300. The van der Waals surface area contributed by atoms with Crippen molar-refractivity contribution in [2.75, 3.05) is 12.9 Å². The molecule has 0 atom stereocenters. The first-order chi connectivity index (χ1) is 16.5. The molecule has 3 aromatic carbocycles. The van der Waals surface area contributed by atoms with Gasteiger partial charge in [-0.3, -0.25) is 9.36 Å². The zero-order chi connectivity index (χ0) is 23.9. The molecule has 9 heteroatoms. The van der Waals surface area contributed by atoms with E-state index in [4.69, 9.17) is 16.3 Å². The number of hydrogen-bond acceptors (Lipinski definition) is 6. The van der Waals surface area contributed by atoms with Crippen LogP contribution in [0.2, 0.25) is 5.02 Å². The average Bonchev–Trinajstić information content (AvgIpc) is 3.27. The van der Waals surface area contributed by atoms with Gasteiger partial charge < -0.3 is 4.74 Å². The molecule has 0 radical (unpaired) electrons. The number of ether oxygens (including phenoxy) is 1. The Morgan fingerprint density at radius 1 is 1.12 bits per heavy atom. The molecule has 0 bridgehead atoms. The summed E-state index contributed by atoms with van der Waals surface area (Å²) in [7, 11) is 1.63. The van der Waals surface area contributed by atoms with E-state index in [2.05, 4.69) is 20.7 Å². The van der Waals surface area contributed by atoms with Crippen LogP contribution in [0.1, 0.15) is 11.1 Å². The molecule has 0 spiro atoms. The third-order valence-electron chi connectivity index (χ3n) is 4.86. The third-order valence-corrected chi connectivity index (χ3v) is 6.02. The SMILES string of the molecule is COc1ccc(-n2c(SCC(=O)N/N=C\c3cccc(Cl)c3)nnc2-c2ccc(C)cc2)cc1. The Balaban J connectivity index is 1.52. The van der Waals surface area contributed by atoms with Crippen molar-refractivity contribution in [3.05, 3.63) is 88.9 Å². The summed E-state index contributed by atoms with van der Waals surface area (Å²) in [6.45, 7) is 2.03. The van der Waals surface area contributed by atoms with Crippen molar-refractivity contribution in [3.63, 3.8) is 0 Å². The number of carbonyl (C=O) groups excluding carboxylic acids is 1. The van der Waals surface area contributed by atoms with E-state index in [-0.39, 0.29) is 11.7 Å². The first-order valence-corrected chi connectivity index (χ1v) is 11.8. The van der Waals surface area contributed by atoms with Crippen LogP contribution in [0, 0.1) is 6.92 Å². The number of hydrogen-bond donors (Lipinski definition) is 1. The summed E-state index contributed by atoms with van der Waals surface area (Å²) in [5.74, 6) is 1.30. The van der Waals surface area contributed by atoms with E-state index in [0.717, 1.165) is 28.1 Å². The zero-order valence-electron chi connectivity index (χ0n) is 18.6. The standard InChI is InChI=1S/C25H22ClN5O2S/c1-17-6-8-19(9-7-17)24-29-30-25(31(24)21-10-12-22(33-2)13-11-21)34-16-23(32)28-27-15-18-4-3-5-20(26)14-18/h3-15H,16H2,1-2H3,(H,28,32)/b27-15-. The summed E-state index contributed by atoms with van der Waals surface area (Å²) in [5, 5.41) is 14.0. The van der Waals surface area contributed by atoms with Crippen LogP contribution in [0.3, 0.4) is 0 Å². The maximum atomic E-state index is 12.4. The second-order valence-corrected chi connectivity index (χ2v) is 8.72. The van der Waals surface area contributed by atoms with Crippen LogP contribution in [0.25, 0.3) is 17.1 Å². The number of aryl methyl sites for hydroxylation is 1. The summed E-state index contributed by atoms with van der Waals surface area (Å²) in [5.41, 5.74) is 6.27. The molecule has 4 rings (SSSR count). The van der Waals surface area contributed by atoms with Gasteiger partial charge in [-0.2, -0.15) is 5.10 Å². The Morgan fingerprint density at radius 3 is 2.59 bits per heavy atom. The maximum absolute atomic E-state index is 12.4. The van der Waals surface area contributed by atoms with Crippen LogP contribution < -0.4 is 10.2 Å². The topological polar surface area (TPSA) is 81.4 Å². The van der Waals surface area contributed by atoms with Crippen LogP contribution in [0.15, 0.2) is 83.1 Å². The van der Waals surface area contributed by atoms with Crippen LogP contribution in [-0.2, 0) is 4.79 Å². The number of thioether (sulfide) groups is 1. The van der Waals surface area contributed by atoms with Gasteiger partial charge in [0.1, 0.15) is 5.75 Å². The van der Waals surface area contributed by atoms with E-state index in [1.54, 1.807) is 25.5 Å². The van der Waals surface area contributed by atoms with E-state index in [0.29, 0.717) is 16.0 Å². The lowest BCUT2D eigenvalue weighted by molar-refractivity contribution is -0.118. The lowest BCUT2D eigenvalue weighted by Crippen LogP contribution is -2.20.